The number of carbonyl (C=O) groups is 1. The maximum Gasteiger partial charge on any atom is 0.261 e. The number of amides is 1. The Labute approximate surface area is 157 Å². The van der Waals surface area contributed by atoms with Crippen molar-refractivity contribution in [3.05, 3.63) is 58.7 Å². The average molecular weight is 365 g/mol. The van der Waals surface area contributed by atoms with E-state index in [0.717, 1.165) is 23.6 Å². The number of nitrogens with zero attached hydrogens (tertiary/aromatic N) is 5. The van der Waals surface area contributed by atoms with Crippen LogP contribution < -0.4 is 5.56 Å². The number of benzene rings is 1. The molecule has 27 heavy (non-hydrogen) atoms. The van der Waals surface area contributed by atoms with Crippen molar-refractivity contribution < 1.29 is 4.79 Å². The van der Waals surface area contributed by atoms with E-state index in [1.807, 2.05) is 39.9 Å². The molecule has 4 rings (SSSR count). The summed E-state index contributed by atoms with van der Waals surface area (Å²) < 4.78 is 3.75. The summed E-state index contributed by atoms with van der Waals surface area (Å²) in [6, 6.07) is 7.41. The van der Waals surface area contributed by atoms with Gasteiger partial charge in [0, 0.05) is 57.8 Å². The SMILES string of the molecule is CCc1nccn1CCC(=O)N1CCc2nc3ccccc3c(=O)n2CC1. The lowest BCUT2D eigenvalue weighted by Crippen LogP contribution is -2.34. The Balaban J connectivity index is 1.48. The van der Waals surface area contributed by atoms with Gasteiger partial charge in [0.15, 0.2) is 0 Å². The maximum atomic E-state index is 12.8. The van der Waals surface area contributed by atoms with Gasteiger partial charge in [0.25, 0.3) is 5.56 Å². The summed E-state index contributed by atoms with van der Waals surface area (Å²) >= 11 is 0. The lowest BCUT2D eigenvalue weighted by molar-refractivity contribution is -0.131. The molecule has 1 aliphatic rings. The number of carbonyl (C=O) groups excluding carboxylic acids is 1. The molecule has 7 nitrogen and oxygen atoms in total. The van der Waals surface area contributed by atoms with E-state index in [2.05, 4.69) is 16.9 Å². The first-order valence-corrected chi connectivity index (χ1v) is 9.43. The van der Waals surface area contributed by atoms with E-state index in [-0.39, 0.29) is 11.5 Å². The van der Waals surface area contributed by atoms with Crippen LogP contribution >= 0.6 is 0 Å². The van der Waals surface area contributed by atoms with E-state index in [1.165, 1.54) is 0 Å². The molecule has 0 aliphatic carbocycles. The molecule has 3 heterocycles. The van der Waals surface area contributed by atoms with Gasteiger partial charge in [-0.15, -0.1) is 0 Å². The largest absolute Gasteiger partial charge is 0.340 e. The van der Waals surface area contributed by atoms with Crippen LogP contribution in [0.5, 0.6) is 0 Å². The van der Waals surface area contributed by atoms with Gasteiger partial charge in [0.05, 0.1) is 10.9 Å². The number of aryl methyl sites for hydroxylation is 2. The van der Waals surface area contributed by atoms with E-state index in [1.54, 1.807) is 10.8 Å². The van der Waals surface area contributed by atoms with Gasteiger partial charge in [-0.05, 0) is 12.1 Å². The maximum absolute atomic E-state index is 12.8. The van der Waals surface area contributed by atoms with Gasteiger partial charge in [0.2, 0.25) is 5.91 Å². The van der Waals surface area contributed by atoms with Crippen LogP contribution in [0.1, 0.15) is 25.0 Å². The summed E-state index contributed by atoms with van der Waals surface area (Å²) in [5.41, 5.74) is 0.705. The Bertz CT molecular complexity index is 1040. The van der Waals surface area contributed by atoms with Crippen LogP contribution in [0.25, 0.3) is 10.9 Å². The second kappa shape index (κ2) is 7.34. The first-order valence-electron chi connectivity index (χ1n) is 9.43. The highest BCUT2D eigenvalue weighted by molar-refractivity contribution is 5.78. The normalized spacial score (nSPS) is 14.2. The predicted molar refractivity (Wildman–Crippen MR) is 103 cm³/mol. The number of fused-ring (bicyclic) bond motifs is 2. The van der Waals surface area contributed by atoms with E-state index in [0.29, 0.717) is 44.4 Å². The van der Waals surface area contributed by atoms with Crippen molar-refractivity contribution in [2.24, 2.45) is 0 Å². The van der Waals surface area contributed by atoms with E-state index in [9.17, 15) is 9.59 Å². The predicted octanol–water partition coefficient (Wildman–Crippen LogP) is 1.63. The lowest BCUT2D eigenvalue weighted by atomic mass is 10.2. The molecule has 0 radical (unpaired) electrons. The zero-order valence-corrected chi connectivity index (χ0v) is 15.5. The highest BCUT2D eigenvalue weighted by atomic mass is 16.2. The first kappa shape index (κ1) is 17.5. The molecule has 2 aromatic heterocycles. The quantitative estimate of drug-likeness (QED) is 0.704. The first-order chi connectivity index (χ1) is 13.2. The summed E-state index contributed by atoms with van der Waals surface area (Å²) in [4.78, 5) is 36.3. The lowest BCUT2D eigenvalue weighted by Gasteiger charge is -2.20. The Morgan fingerprint density at radius 1 is 1.19 bits per heavy atom. The fourth-order valence-corrected chi connectivity index (χ4v) is 3.68. The zero-order valence-electron chi connectivity index (χ0n) is 15.5. The van der Waals surface area contributed by atoms with Crippen molar-refractivity contribution in [2.45, 2.75) is 39.3 Å². The Hall–Kier alpha value is -2.96. The third-order valence-electron chi connectivity index (χ3n) is 5.18. The second-order valence-electron chi connectivity index (χ2n) is 6.77. The average Bonchev–Trinajstić information content (AvgIpc) is 3.04. The summed E-state index contributed by atoms with van der Waals surface area (Å²) in [6.45, 7) is 4.31. The van der Waals surface area contributed by atoms with Crippen LogP contribution in [0.15, 0.2) is 41.5 Å². The molecule has 0 saturated heterocycles. The monoisotopic (exact) mass is 365 g/mol. The molecule has 140 valence electrons. The second-order valence-corrected chi connectivity index (χ2v) is 6.77. The van der Waals surface area contributed by atoms with Gasteiger partial charge < -0.3 is 9.47 Å². The van der Waals surface area contributed by atoms with Gasteiger partial charge in [-0.1, -0.05) is 19.1 Å². The number of hydrogen-bond acceptors (Lipinski definition) is 4. The number of para-hydroxylation sites is 1. The van der Waals surface area contributed by atoms with E-state index >= 15 is 0 Å². The zero-order chi connectivity index (χ0) is 18.8. The van der Waals surface area contributed by atoms with Crippen molar-refractivity contribution in [3.8, 4) is 0 Å². The molecule has 1 aliphatic heterocycles. The third-order valence-corrected chi connectivity index (χ3v) is 5.18. The minimum Gasteiger partial charge on any atom is -0.340 e. The van der Waals surface area contributed by atoms with Gasteiger partial charge in [0.1, 0.15) is 11.6 Å². The molecule has 0 saturated carbocycles. The molecular weight excluding hydrogens is 342 g/mol. The topological polar surface area (TPSA) is 73.0 Å². The molecule has 1 aromatic carbocycles. The Kier molecular flexibility index (Phi) is 4.75. The smallest absolute Gasteiger partial charge is 0.261 e. The number of imidazole rings is 1. The van der Waals surface area contributed by atoms with Crippen LogP contribution in [0.4, 0.5) is 0 Å². The summed E-state index contributed by atoms with van der Waals surface area (Å²) in [5.74, 6) is 1.86. The highest BCUT2D eigenvalue weighted by Gasteiger charge is 2.21. The Morgan fingerprint density at radius 3 is 2.89 bits per heavy atom. The van der Waals surface area contributed by atoms with Gasteiger partial charge in [-0.25, -0.2) is 9.97 Å². The van der Waals surface area contributed by atoms with E-state index < -0.39 is 0 Å². The minimum absolute atomic E-state index is 0.0177. The molecule has 0 atom stereocenters. The van der Waals surface area contributed by atoms with Crippen molar-refractivity contribution in [1.29, 1.82) is 0 Å². The van der Waals surface area contributed by atoms with Crippen molar-refractivity contribution >= 4 is 16.8 Å². The van der Waals surface area contributed by atoms with Gasteiger partial charge in [-0.2, -0.15) is 0 Å². The third kappa shape index (κ3) is 3.37. The molecule has 0 spiro atoms. The van der Waals surface area contributed by atoms with Crippen LogP contribution in [-0.2, 0) is 30.7 Å². The molecule has 0 unspecified atom stereocenters. The van der Waals surface area contributed by atoms with Crippen molar-refractivity contribution in [1.82, 2.24) is 24.0 Å². The van der Waals surface area contributed by atoms with Gasteiger partial charge >= 0.3 is 0 Å². The summed E-state index contributed by atoms with van der Waals surface area (Å²) in [5, 5.41) is 0.633. The minimum atomic E-state index is -0.0177. The summed E-state index contributed by atoms with van der Waals surface area (Å²) in [6.07, 6.45) is 5.57. The van der Waals surface area contributed by atoms with Crippen LogP contribution in [0.2, 0.25) is 0 Å². The van der Waals surface area contributed by atoms with Crippen LogP contribution in [0.3, 0.4) is 0 Å². The molecule has 7 heteroatoms. The Morgan fingerprint density at radius 2 is 2.04 bits per heavy atom. The fourth-order valence-electron chi connectivity index (χ4n) is 3.68. The number of rotatable bonds is 4. The molecule has 1 amide bonds. The van der Waals surface area contributed by atoms with Crippen LogP contribution in [-0.4, -0.2) is 43.0 Å². The summed E-state index contributed by atoms with van der Waals surface area (Å²) in [7, 11) is 0. The van der Waals surface area contributed by atoms with Crippen molar-refractivity contribution in [2.75, 3.05) is 13.1 Å². The molecule has 0 fully saturated rings. The van der Waals surface area contributed by atoms with E-state index in [4.69, 9.17) is 0 Å². The molecule has 0 bridgehead atoms. The van der Waals surface area contributed by atoms with Gasteiger partial charge in [-0.3, -0.25) is 14.2 Å². The highest BCUT2D eigenvalue weighted by Crippen LogP contribution is 2.12. The molecule has 3 aromatic rings. The standard InChI is InChI=1S/C20H23N5O2/c1-2-17-21-9-12-23(17)11-8-19(26)24-10-7-18-22-16-6-4-3-5-15(16)20(27)25(18)14-13-24/h3-6,9,12H,2,7-8,10-11,13-14H2,1H3. The number of hydrogen-bond donors (Lipinski definition) is 0. The van der Waals surface area contributed by atoms with Crippen molar-refractivity contribution in [3.63, 3.8) is 0 Å². The van der Waals surface area contributed by atoms with Crippen LogP contribution in [0, 0.1) is 0 Å². The number of aromatic nitrogens is 4. The molecule has 0 N–H and O–H groups in total. The molecular formula is C20H23N5O2. The fraction of sp³-hybridized carbons (Fsp3) is 0.400.